The maximum absolute atomic E-state index is 11.2. The van der Waals surface area contributed by atoms with Crippen LogP contribution in [0.2, 0.25) is 0 Å². The second kappa shape index (κ2) is 5.94. The van der Waals surface area contributed by atoms with E-state index in [4.69, 9.17) is 22.5 Å². The van der Waals surface area contributed by atoms with Gasteiger partial charge in [-0.25, -0.2) is 4.79 Å². The van der Waals surface area contributed by atoms with Gasteiger partial charge in [-0.05, 0) is 34.6 Å². The third kappa shape index (κ3) is 5.81. The summed E-state index contributed by atoms with van der Waals surface area (Å²) < 4.78 is 10.8. The van der Waals surface area contributed by atoms with Crippen molar-refractivity contribution < 1.29 is 9.36 Å². The van der Waals surface area contributed by atoms with E-state index in [1.165, 1.54) is 0 Å². The van der Waals surface area contributed by atoms with Crippen LogP contribution in [0, 0.1) is 0 Å². The van der Waals surface area contributed by atoms with Gasteiger partial charge in [-0.2, -0.15) is 0 Å². The van der Waals surface area contributed by atoms with E-state index in [2.05, 4.69) is 10.6 Å². The molecule has 0 radical (unpaired) electrons. The smallest absolute Gasteiger partial charge is 0.314 e. The van der Waals surface area contributed by atoms with E-state index in [-0.39, 0.29) is 0 Å². The number of nitrogens with one attached hydrogen (secondary N) is 2. The van der Waals surface area contributed by atoms with Gasteiger partial charge < -0.3 is 10.6 Å². The van der Waals surface area contributed by atoms with E-state index in [1.54, 1.807) is 24.3 Å². The second-order valence-electron chi connectivity index (χ2n) is 2.78. The standard InChI is InChI=1S/C9H9Cl2N2O2P/c10-16(11,15)7-6-12-9(14)13-8-4-2-1-3-5-8/h1-7H,(H2,12,13,14). The number of amides is 2. The Kier molecular flexibility index (Phi) is 4.87. The Morgan fingerprint density at radius 2 is 1.88 bits per heavy atom. The quantitative estimate of drug-likeness (QED) is 0.823. The molecule has 2 N–H and O–H groups in total. The number of para-hydroxylation sites is 1. The number of hydrogen-bond acceptors (Lipinski definition) is 2. The highest BCUT2D eigenvalue weighted by Gasteiger charge is 2.06. The Balaban J connectivity index is 2.44. The maximum Gasteiger partial charge on any atom is 0.323 e. The molecule has 4 nitrogen and oxygen atoms in total. The Hall–Kier alpha value is -0.960. The Bertz CT molecular complexity index is 430. The third-order valence-corrected chi connectivity index (χ3v) is 2.67. The number of hydrogen-bond donors (Lipinski definition) is 2. The summed E-state index contributed by atoms with van der Waals surface area (Å²) in [6.07, 6.45) is 1.14. The summed E-state index contributed by atoms with van der Waals surface area (Å²) in [6.45, 7) is 0. The highest BCUT2D eigenvalue weighted by Crippen LogP contribution is 2.57. The Morgan fingerprint density at radius 1 is 1.25 bits per heavy atom. The molecular formula is C9H9Cl2N2O2P. The largest absolute Gasteiger partial charge is 0.323 e. The van der Waals surface area contributed by atoms with Crippen LogP contribution in [-0.2, 0) is 4.57 Å². The van der Waals surface area contributed by atoms with Gasteiger partial charge in [-0.1, -0.05) is 18.2 Å². The zero-order chi connectivity index (χ0) is 12.0. The first-order chi connectivity index (χ1) is 7.47. The highest BCUT2D eigenvalue weighted by molar-refractivity contribution is 8.10. The van der Waals surface area contributed by atoms with Crippen LogP contribution in [0.5, 0.6) is 0 Å². The van der Waals surface area contributed by atoms with Crippen LogP contribution in [0.25, 0.3) is 0 Å². The fourth-order valence-electron chi connectivity index (χ4n) is 0.888. The lowest BCUT2D eigenvalue weighted by molar-refractivity contribution is 0.255. The van der Waals surface area contributed by atoms with Crippen molar-refractivity contribution in [2.75, 3.05) is 5.32 Å². The number of carbonyl (C=O) groups is 1. The minimum absolute atomic E-state index is 0.468. The number of carbonyl (C=O) groups excluding carboxylic acids is 1. The van der Waals surface area contributed by atoms with Gasteiger partial charge >= 0.3 is 6.03 Å². The summed E-state index contributed by atoms with van der Waals surface area (Å²) in [6, 6.07) is 8.41. The average Bonchev–Trinajstić information content (AvgIpc) is 2.17. The molecule has 1 aromatic carbocycles. The number of rotatable bonds is 3. The zero-order valence-corrected chi connectivity index (χ0v) is 10.5. The number of benzene rings is 1. The molecule has 0 saturated carbocycles. The molecule has 86 valence electrons. The molecule has 0 bridgehead atoms. The van der Waals surface area contributed by atoms with Crippen LogP contribution in [0.3, 0.4) is 0 Å². The molecule has 7 heteroatoms. The molecule has 2 amide bonds. The van der Waals surface area contributed by atoms with Gasteiger partial charge in [-0.15, -0.1) is 0 Å². The van der Waals surface area contributed by atoms with Crippen molar-refractivity contribution in [1.29, 1.82) is 0 Å². The van der Waals surface area contributed by atoms with Gasteiger partial charge in [0, 0.05) is 17.7 Å². The topological polar surface area (TPSA) is 58.2 Å². The average molecular weight is 279 g/mol. The van der Waals surface area contributed by atoms with Gasteiger partial charge in [0.2, 0.25) is 0 Å². The molecule has 0 spiro atoms. The molecule has 0 fully saturated rings. The van der Waals surface area contributed by atoms with Crippen LogP contribution in [-0.4, -0.2) is 6.03 Å². The predicted octanol–water partition coefficient (Wildman–Crippen LogP) is 3.95. The molecule has 0 aromatic heterocycles. The SMILES string of the molecule is O=C(NC=CP(=O)(Cl)Cl)Nc1ccccc1. The van der Waals surface area contributed by atoms with Gasteiger partial charge in [0.05, 0.1) is 0 Å². The summed E-state index contributed by atoms with van der Waals surface area (Å²) in [5, 5.41) is 4.87. The monoisotopic (exact) mass is 278 g/mol. The first kappa shape index (κ1) is 13.1. The minimum Gasteiger partial charge on any atom is -0.314 e. The van der Waals surface area contributed by atoms with Crippen molar-refractivity contribution >= 4 is 40.0 Å². The molecule has 0 aliphatic heterocycles. The van der Waals surface area contributed by atoms with Gasteiger partial charge in [0.1, 0.15) is 0 Å². The fraction of sp³-hybridized carbons (Fsp3) is 0. The van der Waals surface area contributed by atoms with E-state index < -0.39 is 11.9 Å². The van der Waals surface area contributed by atoms with Crippen LogP contribution >= 0.6 is 28.3 Å². The molecule has 1 rings (SSSR count). The normalized spacial score (nSPS) is 11.4. The molecular weight excluding hydrogens is 270 g/mol. The molecule has 0 unspecified atom stereocenters. The van der Waals surface area contributed by atoms with E-state index in [0.717, 1.165) is 12.0 Å². The van der Waals surface area contributed by atoms with Crippen molar-refractivity contribution in [2.24, 2.45) is 0 Å². The van der Waals surface area contributed by atoms with Crippen molar-refractivity contribution in [1.82, 2.24) is 5.32 Å². The molecule has 0 atom stereocenters. The van der Waals surface area contributed by atoms with Crippen molar-refractivity contribution in [3.63, 3.8) is 0 Å². The summed E-state index contributed by atoms with van der Waals surface area (Å²) in [7, 11) is 0. The number of urea groups is 1. The van der Waals surface area contributed by atoms with Crippen LogP contribution < -0.4 is 10.6 Å². The van der Waals surface area contributed by atoms with Crippen LogP contribution in [0.15, 0.2) is 42.3 Å². The van der Waals surface area contributed by atoms with Crippen LogP contribution in [0.4, 0.5) is 10.5 Å². The first-order valence-corrected chi connectivity index (χ1v) is 7.85. The Morgan fingerprint density at radius 3 is 2.44 bits per heavy atom. The van der Waals surface area contributed by atoms with E-state index in [9.17, 15) is 9.36 Å². The van der Waals surface area contributed by atoms with Crippen molar-refractivity contribution in [2.45, 2.75) is 0 Å². The lowest BCUT2D eigenvalue weighted by atomic mass is 10.3. The molecule has 16 heavy (non-hydrogen) atoms. The van der Waals surface area contributed by atoms with Gasteiger partial charge in [0.15, 0.2) is 0 Å². The van der Waals surface area contributed by atoms with E-state index >= 15 is 0 Å². The second-order valence-corrected chi connectivity index (χ2v) is 7.62. The minimum atomic E-state index is -3.28. The molecule has 0 aliphatic carbocycles. The van der Waals surface area contributed by atoms with Crippen molar-refractivity contribution in [3.8, 4) is 0 Å². The lowest BCUT2D eigenvalue weighted by Gasteiger charge is -2.03. The van der Waals surface area contributed by atoms with Crippen LogP contribution in [0.1, 0.15) is 0 Å². The Labute approximate surface area is 103 Å². The molecule has 0 aliphatic rings. The maximum atomic E-state index is 11.2. The van der Waals surface area contributed by atoms with E-state index in [0.29, 0.717) is 5.69 Å². The first-order valence-electron chi connectivity index (χ1n) is 4.27. The molecule has 1 aromatic rings. The van der Waals surface area contributed by atoms with Gasteiger partial charge in [0.25, 0.3) is 5.85 Å². The number of halogens is 2. The fourth-order valence-corrected chi connectivity index (χ4v) is 1.47. The predicted molar refractivity (Wildman–Crippen MR) is 67.0 cm³/mol. The van der Waals surface area contributed by atoms with Crippen molar-refractivity contribution in [3.05, 3.63) is 42.3 Å². The van der Waals surface area contributed by atoms with Gasteiger partial charge in [-0.3, -0.25) is 4.57 Å². The molecule has 0 heterocycles. The van der Waals surface area contributed by atoms with E-state index in [1.807, 2.05) is 6.07 Å². The number of anilines is 1. The summed E-state index contributed by atoms with van der Waals surface area (Å²) >= 11 is 10.5. The summed E-state index contributed by atoms with van der Waals surface area (Å²) in [5.74, 6) is -2.25. The highest BCUT2D eigenvalue weighted by atomic mass is 35.9. The summed E-state index contributed by atoms with van der Waals surface area (Å²) in [5.41, 5.74) is 0.647. The summed E-state index contributed by atoms with van der Waals surface area (Å²) in [4.78, 5) is 11.2. The third-order valence-electron chi connectivity index (χ3n) is 1.49. The lowest BCUT2D eigenvalue weighted by Crippen LogP contribution is -2.23. The molecule has 0 saturated heterocycles. The zero-order valence-electron chi connectivity index (χ0n) is 8.06.